The van der Waals surface area contributed by atoms with Gasteiger partial charge in [-0.25, -0.2) is 13.4 Å². The lowest BCUT2D eigenvalue weighted by Gasteiger charge is -2.21. The molecule has 0 aliphatic heterocycles. The van der Waals surface area contributed by atoms with E-state index in [9.17, 15) is 13.2 Å². The average Bonchev–Trinajstić information content (AvgIpc) is 3.17. The van der Waals surface area contributed by atoms with E-state index in [0.29, 0.717) is 21.7 Å². The van der Waals surface area contributed by atoms with Crippen molar-refractivity contribution in [3.63, 3.8) is 0 Å². The van der Waals surface area contributed by atoms with Crippen LogP contribution in [0.15, 0.2) is 41.3 Å². The molecule has 0 aliphatic carbocycles. The molecule has 0 saturated heterocycles. The molecule has 1 heterocycles. The van der Waals surface area contributed by atoms with Crippen LogP contribution in [0.25, 0.3) is 10.2 Å². The summed E-state index contributed by atoms with van der Waals surface area (Å²) < 4.78 is 26.3. The molecular formula is C22H26Cl3N3O3S2. The van der Waals surface area contributed by atoms with Crippen molar-refractivity contribution in [2.75, 3.05) is 37.8 Å². The fourth-order valence-electron chi connectivity index (χ4n) is 3.19. The van der Waals surface area contributed by atoms with E-state index in [-0.39, 0.29) is 35.4 Å². The monoisotopic (exact) mass is 549 g/mol. The van der Waals surface area contributed by atoms with Crippen LogP contribution < -0.4 is 4.90 Å². The molecule has 0 fully saturated rings. The third-order valence-electron chi connectivity index (χ3n) is 5.01. The van der Waals surface area contributed by atoms with Crippen LogP contribution in [0.4, 0.5) is 5.13 Å². The maximum atomic E-state index is 13.1. The number of thiazole rings is 1. The molecular weight excluding hydrogens is 525 g/mol. The minimum Gasteiger partial charge on any atom is -0.309 e. The first-order chi connectivity index (χ1) is 15.1. The summed E-state index contributed by atoms with van der Waals surface area (Å²) in [4.78, 5) is 21.6. The standard InChI is InChI=1S/C22H25Cl2N3O3S2.ClH/c1-15-18(24)9-10-19-21(15)25-22(31-19)27(13-4-12-26(2)3)20(28)11-14-32(29,30)17-7-5-16(23)6-8-17;/h5-10H,4,11-14H2,1-3H3;1H. The number of benzene rings is 2. The highest BCUT2D eigenvalue weighted by molar-refractivity contribution is 7.91. The van der Waals surface area contributed by atoms with Crippen LogP contribution in [-0.2, 0) is 14.6 Å². The summed E-state index contributed by atoms with van der Waals surface area (Å²) in [6, 6.07) is 9.67. The third kappa shape index (κ3) is 7.04. The van der Waals surface area contributed by atoms with Crippen LogP contribution in [0.2, 0.25) is 10.0 Å². The maximum Gasteiger partial charge on any atom is 0.229 e. The van der Waals surface area contributed by atoms with Gasteiger partial charge in [-0.15, -0.1) is 12.4 Å². The lowest BCUT2D eigenvalue weighted by atomic mass is 10.2. The number of aryl methyl sites for hydroxylation is 1. The molecule has 1 aromatic heterocycles. The first kappa shape index (κ1) is 27.8. The van der Waals surface area contributed by atoms with Gasteiger partial charge in [-0.3, -0.25) is 9.69 Å². The Morgan fingerprint density at radius 3 is 2.36 bits per heavy atom. The number of carbonyl (C=O) groups excluding carboxylic acids is 1. The number of rotatable bonds is 9. The highest BCUT2D eigenvalue weighted by Crippen LogP contribution is 2.34. The van der Waals surface area contributed by atoms with Crippen molar-refractivity contribution in [2.45, 2.75) is 24.7 Å². The number of hydrogen-bond donors (Lipinski definition) is 0. The van der Waals surface area contributed by atoms with Crippen LogP contribution in [0.3, 0.4) is 0 Å². The minimum atomic E-state index is -3.61. The molecule has 0 bridgehead atoms. The summed E-state index contributed by atoms with van der Waals surface area (Å²) in [5, 5.41) is 1.63. The van der Waals surface area contributed by atoms with Gasteiger partial charge in [0.25, 0.3) is 0 Å². The number of carbonyl (C=O) groups is 1. The predicted octanol–water partition coefficient (Wildman–Crippen LogP) is 5.48. The number of nitrogens with zero attached hydrogens (tertiary/aromatic N) is 3. The second-order valence-corrected chi connectivity index (χ2v) is 11.7. The lowest BCUT2D eigenvalue weighted by molar-refractivity contribution is -0.118. The van der Waals surface area contributed by atoms with E-state index in [1.165, 1.54) is 35.6 Å². The van der Waals surface area contributed by atoms with Crippen molar-refractivity contribution in [1.29, 1.82) is 0 Å². The molecule has 1 amide bonds. The molecule has 11 heteroatoms. The first-order valence-corrected chi connectivity index (χ1v) is 13.3. The van der Waals surface area contributed by atoms with Gasteiger partial charge in [0, 0.05) is 23.0 Å². The number of halogens is 3. The molecule has 0 unspecified atom stereocenters. The van der Waals surface area contributed by atoms with Gasteiger partial charge < -0.3 is 4.90 Å². The van der Waals surface area contributed by atoms with Gasteiger partial charge in [0.2, 0.25) is 5.91 Å². The van der Waals surface area contributed by atoms with E-state index in [1.807, 2.05) is 38.1 Å². The van der Waals surface area contributed by atoms with E-state index in [0.717, 1.165) is 28.7 Å². The molecule has 0 N–H and O–H groups in total. The van der Waals surface area contributed by atoms with E-state index in [1.54, 1.807) is 4.90 Å². The smallest absolute Gasteiger partial charge is 0.229 e. The van der Waals surface area contributed by atoms with Gasteiger partial charge in [-0.2, -0.15) is 0 Å². The Labute approximate surface area is 214 Å². The van der Waals surface area contributed by atoms with Crippen molar-refractivity contribution < 1.29 is 13.2 Å². The highest BCUT2D eigenvalue weighted by Gasteiger charge is 2.23. The van der Waals surface area contributed by atoms with Crippen molar-refractivity contribution in [3.8, 4) is 0 Å². The van der Waals surface area contributed by atoms with Gasteiger partial charge >= 0.3 is 0 Å². The molecule has 0 saturated carbocycles. The molecule has 33 heavy (non-hydrogen) atoms. The molecule has 3 rings (SSSR count). The topological polar surface area (TPSA) is 70.6 Å². The van der Waals surface area contributed by atoms with E-state index in [4.69, 9.17) is 23.2 Å². The normalized spacial score (nSPS) is 11.6. The summed E-state index contributed by atoms with van der Waals surface area (Å²) in [7, 11) is 0.325. The van der Waals surface area contributed by atoms with Crippen LogP contribution in [0, 0.1) is 6.92 Å². The predicted molar refractivity (Wildman–Crippen MR) is 140 cm³/mol. The Balaban J connectivity index is 0.00000385. The lowest BCUT2D eigenvalue weighted by Crippen LogP contribution is -2.34. The first-order valence-electron chi connectivity index (χ1n) is 10.1. The Hall–Kier alpha value is -1.42. The summed E-state index contributed by atoms with van der Waals surface area (Å²) >= 11 is 13.5. The van der Waals surface area contributed by atoms with Crippen LogP contribution >= 0.6 is 46.9 Å². The number of hydrogen-bond acceptors (Lipinski definition) is 6. The molecule has 0 spiro atoms. The zero-order valence-corrected chi connectivity index (χ0v) is 22.5. The fourth-order valence-corrected chi connectivity index (χ4v) is 5.77. The maximum absolute atomic E-state index is 13.1. The molecule has 0 aliphatic rings. The van der Waals surface area contributed by atoms with Crippen LogP contribution in [-0.4, -0.2) is 57.1 Å². The van der Waals surface area contributed by atoms with Gasteiger partial charge in [-0.05, 0) is 75.9 Å². The number of aromatic nitrogens is 1. The Bertz CT molecular complexity index is 1210. The second kappa shape index (κ2) is 11.8. The second-order valence-electron chi connectivity index (χ2n) is 7.74. The van der Waals surface area contributed by atoms with Crippen molar-refractivity contribution in [1.82, 2.24) is 9.88 Å². The Morgan fingerprint density at radius 2 is 1.73 bits per heavy atom. The van der Waals surface area contributed by atoms with Crippen molar-refractivity contribution >= 4 is 78.0 Å². The SMILES string of the molecule is Cc1c(Cl)ccc2sc(N(CCCN(C)C)C(=O)CCS(=O)(=O)c3ccc(Cl)cc3)nc12.Cl. The Morgan fingerprint density at radius 1 is 1.06 bits per heavy atom. The number of sulfone groups is 1. The zero-order valence-electron chi connectivity index (χ0n) is 18.5. The van der Waals surface area contributed by atoms with Crippen molar-refractivity contribution in [3.05, 3.63) is 52.0 Å². The zero-order chi connectivity index (χ0) is 23.5. The Kier molecular flexibility index (Phi) is 9.96. The van der Waals surface area contributed by atoms with Crippen molar-refractivity contribution in [2.24, 2.45) is 0 Å². The average molecular weight is 551 g/mol. The summed E-state index contributed by atoms with van der Waals surface area (Å²) in [5.74, 6) is -0.558. The van der Waals surface area contributed by atoms with Crippen LogP contribution in [0.5, 0.6) is 0 Å². The highest BCUT2D eigenvalue weighted by atomic mass is 35.5. The summed E-state index contributed by atoms with van der Waals surface area (Å²) in [6.07, 6.45) is 0.598. The molecule has 6 nitrogen and oxygen atoms in total. The van der Waals surface area contributed by atoms with Gasteiger partial charge in [-0.1, -0.05) is 34.5 Å². The minimum absolute atomic E-state index is 0. The number of amides is 1. The fraction of sp³-hybridized carbons (Fsp3) is 0.364. The van der Waals surface area contributed by atoms with E-state index < -0.39 is 9.84 Å². The summed E-state index contributed by atoms with van der Waals surface area (Å²) in [5.41, 5.74) is 1.62. The van der Waals surface area contributed by atoms with Gasteiger partial charge in [0.15, 0.2) is 15.0 Å². The number of fused-ring (bicyclic) bond motifs is 1. The van der Waals surface area contributed by atoms with E-state index >= 15 is 0 Å². The quantitative estimate of drug-likeness (QED) is 0.353. The third-order valence-corrected chi connectivity index (χ3v) is 8.45. The molecule has 2 aromatic carbocycles. The van der Waals surface area contributed by atoms with E-state index in [2.05, 4.69) is 4.98 Å². The summed E-state index contributed by atoms with van der Waals surface area (Å²) in [6.45, 7) is 3.14. The number of anilines is 1. The molecule has 3 aromatic rings. The largest absolute Gasteiger partial charge is 0.309 e. The molecule has 0 radical (unpaired) electrons. The van der Waals surface area contributed by atoms with Gasteiger partial charge in [0.1, 0.15) is 0 Å². The molecule has 180 valence electrons. The van der Waals surface area contributed by atoms with Gasteiger partial charge in [0.05, 0.1) is 20.9 Å². The van der Waals surface area contributed by atoms with Crippen LogP contribution in [0.1, 0.15) is 18.4 Å². The molecule has 0 atom stereocenters.